The van der Waals surface area contributed by atoms with E-state index in [1.807, 2.05) is 98.8 Å². The first kappa shape index (κ1) is 85.4. The Labute approximate surface area is 667 Å². The van der Waals surface area contributed by atoms with E-state index in [9.17, 15) is 66.3 Å². The summed E-state index contributed by atoms with van der Waals surface area (Å²) in [4.78, 5) is 45.7. The number of alkyl halides is 11. The van der Waals surface area contributed by atoms with Crippen molar-refractivity contribution in [1.82, 2.24) is 29.8 Å². The van der Waals surface area contributed by atoms with Gasteiger partial charge in [-0.1, -0.05) is 151 Å². The van der Waals surface area contributed by atoms with Crippen LogP contribution >= 0.6 is 35.0 Å². The first-order valence-corrected chi connectivity index (χ1v) is 39.9. The van der Waals surface area contributed by atoms with Gasteiger partial charge in [0.2, 0.25) is 0 Å². The summed E-state index contributed by atoms with van der Waals surface area (Å²) in [5.74, 6) is -1.36. The van der Waals surface area contributed by atoms with Gasteiger partial charge < -0.3 is 9.47 Å². The van der Waals surface area contributed by atoms with Crippen LogP contribution < -0.4 is 4.74 Å². The lowest BCUT2D eigenvalue weighted by Crippen LogP contribution is -2.55. The number of sulfone groups is 1. The Morgan fingerprint density at radius 1 is 0.675 bits per heavy atom. The van der Waals surface area contributed by atoms with E-state index in [1.165, 1.54) is 61.9 Å². The molecule has 5 unspecified atom stereocenters. The Bertz CT molecular complexity index is 5410. The second-order valence-electron chi connectivity index (χ2n) is 28.4. The lowest BCUT2D eigenvalue weighted by Gasteiger charge is -2.51. The van der Waals surface area contributed by atoms with E-state index < -0.39 is 57.3 Å². The molecule has 5 aromatic heterocycles. The number of benzene rings is 6. The zero-order chi connectivity index (χ0) is 82.2. The number of hydrogen-bond acceptors (Lipinski definition) is 13. The van der Waals surface area contributed by atoms with Crippen LogP contribution in [0, 0.1) is 32.6 Å². The second kappa shape index (κ2) is 36.1. The number of piperidine rings is 3. The lowest BCUT2D eigenvalue weighted by molar-refractivity contribution is -0.141. The van der Waals surface area contributed by atoms with Crippen molar-refractivity contribution in [2.45, 2.75) is 133 Å². The fourth-order valence-corrected chi connectivity index (χ4v) is 16.4. The third-order valence-electron chi connectivity index (χ3n) is 19.9. The summed E-state index contributed by atoms with van der Waals surface area (Å²) in [6, 6.07) is 47.1. The van der Waals surface area contributed by atoms with Crippen LogP contribution in [0.1, 0.15) is 118 Å². The fourth-order valence-electron chi connectivity index (χ4n) is 14.1. The summed E-state index contributed by atoms with van der Waals surface area (Å²) < 4.78 is 185. The Kier molecular flexibility index (Phi) is 27.1. The summed E-state index contributed by atoms with van der Waals surface area (Å²) in [7, 11) is -3.38. The number of aryl methyl sites for hydroxylation is 4. The average Bonchev–Trinajstić information content (AvgIpc) is 0.969. The van der Waals surface area contributed by atoms with E-state index in [4.69, 9.17) is 32.7 Å². The lowest BCUT2D eigenvalue weighted by atomic mass is 9.73. The first-order chi connectivity index (χ1) is 53.9. The largest absolute Gasteiger partial charge is 0.493 e. The van der Waals surface area contributed by atoms with E-state index in [0.717, 1.165) is 90.8 Å². The summed E-state index contributed by atoms with van der Waals surface area (Å²) >= 11 is 13.2. The number of rotatable bonds is 19. The number of pyridine rings is 5. The van der Waals surface area contributed by atoms with Gasteiger partial charge in [0.25, 0.3) is 5.92 Å². The first-order valence-electron chi connectivity index (χ1n) is 36.4. The second-order valence-corrected chi connectivity index (χ2v) is 32.5. The highest BCUT2D eigenvalue weighted by atomic mass is 35.5. The molecule has 0 saturated carbocycles. The molecule has 2 bridgehead atoms. The van der Waals surface area contributed by atoms with Crippen LogP contribution in [0.3, 0.4) is 0 Å². The Hall–Kier alpha value is -9.50. The van der Waals surface area contributed by atoms with Crippen molar-refractivity contribution in [2.75, 3.05) is 26.0 Å². The number of hydrogen-bond donors (Lipinski definition) is 0. The van der Waals surface area contributed by atoms with Gasteiger partial charge in [-0.15, -0.1) is 6.58 Å². The molecule has 0 amide bonds. The molecular weight excluding hydrogens is 1570 g/mol. The SMILES string of the molecule is C=CC1CN2CCC1CC2[C@H](OCc1ccccc1)c1cc(C(F)(F)F)nc2ccccc12.CCc1cnc(CCOc2ccc(CC3SC(=O)CC3=O)cc2)cc1C(C)(F)F.Cc1ccc(Cc2cc(C(F)(F)F)nc3cc(Cl)cc(Cl)c23)cc1.Cc1cnc(-c2cnc(C)cc2C(F)(F)F)c(-c2ccc(S(C)(=O)=O)cc2)c1. The van der Waals surface area contributed by atoms with Crippen LogP contribution in [0.2, 0.25) is 10.0 Å². The molecule has 0 N–H and O–H groups in total. The van der Waals surface area contributed by atoms with Crippen molar-refractivity contribution in [3.05, 3.63) is 290 Å². The standard InChI is InChI=1S/C27H27F3N2O.C22H23F2NO3S.C20H17F3N2O2S.C18H12Cl2F3N/c1-2-19-16-32-13-12-20(19)14-24(32)26(33-17-18-8-4-3-5-9-18)22-15-25(27(28,29)30)31-23-11-7-6-10-21(22)23;1-3-15-13-25-16(11-18(15)22(2,23)24)8-9-28-17-6-4-14(5-7-17)10-20-19(26)12-21(27)29-20;1-12-8-16(14-4-6-15(7-5-14)28(3,26)27)19(25-10-12)17-11-24-13(2)9-18(17)20(21,22)23;1-10-2-4-11(5-3-10)6-12-7-16(18(21,22)23)24-15-9-13(19)8-14(20)17(12)15/h2-11,15,19-20,24,26H,1,12-14,16-17H2;4-7,11,13,20H,3,8-10,12H2,1-2H3;4-11H,1-3H3;2-5,7-9H,6H2,1H3/t19?,20?,24?,26-;;;/m1.../s1. The molecule has 6 atom stereocenters. The minimum atomic E-state index is -4.56. The molecule has 12 nitrogen and oxygen atoms in total. The van der Waals surface area contributed by atoms with Crippen molar-refractivity contribution in [1.29, 1.82) is 0 Å². The van der Waals surface area contributed by atoms with E-state index in [2.05, 4.69) is 36.4 Å². The maximum Gasteiger partial charge on any atom is 0.433 e. The number of carbonyl (C=O) groups excluding carboxylic acids is 2. The van der Waals surface area contributed by atoms with Gasteiger partial charge in [-0.25, -0.2) is 27.2 Å². The number of para-hydroxylation sites is 1. The van der Waals surface area contributed by atoms with Crippen molar-refractivity contribution in [3.8, 4) is 28.1 Å². The maximum atomic E-state index is 13.8. The fraction of sp³-hybridized carbons (Fsp3) is 0.299. The molecule has 15 rings (SSSR count). The third kappa shape index (κ3) is 21.7. The van der Waals surface area contributed by atoms with E-state index in [-0.39, 0.29) is 66.6 Å². The van der Waals surface area contributed by atoms with E-state index >= 15 is 0 Å². The zero-order valence-electron chi connectivity index (χ0n) is 62.7. The Balaban J connectivity index is 0.000000151. The van der Waals surface area contributed by atoms with Crippen LogP contribution in [-0.2, 0) is 80.9 Å². The van der Waals surface area contributed by atoms with E-state index in [1.54, 1.807) is 49.4 Å². The van der Waals surface area contributed by atoms with Gasteiger partial charge in [-0.2, -0.15) is 39.5 Å². The number of ether oxygens (including phenoxy) is 2. The number of carbonyl (C=O) groups is 2. The molecule has 4 saturated heterocycles. The van der Waals surface area contributed by atoms with Crippen molar-refractivity contribution < 1.29 is 75.8 Å². The monoisotopic (exact) mass is 1650 g/mol. The molecular formula is C87H79Cl2F11N6O6S2. The summed E-state index contributed by atoms with van der Waals surface area (Å²) in [6.07, 6.45) is -3.05. The number of fused-ring (bicyclic) bond motifs is 5. The van der Waals surface area contributed by atoms with Gasteiger partial charge in [0.05, 0.1) is 63.2 Å². The van der Waals surface area contributed by atoms with Crippen LogP contribution in [-0.4, -0.2) is 86.4 Å². The van der Waals surface area contributed by atoms with Crippen LogP contribution in [0.5, 0.6) is 5.75 Å². The highest BCUT2D eigenvalue weighted by Gasteiger charge is 2.45. The minimum Gasteiger partial charge on any atom is -0.493 e. The molecule has 596 valence electrons. The number of aromatic nitrogens is 5. The minimum absolute atomic E-state index is 0.00977. The Morgan fingerprint density at radius 3 is 1.96 bits per heavy atom. The number of halogens is 13. The van der Waals surface area contributed by atoms with Crippen molar-refractivity contribution >= 4 is 77.5 Å². The molecule has 0 radical (unpaired) electrons. The summed E-state index contributed by atoms with van der Waals surface area (Å²) in [6.45, 7) is 14.4. The number of thioether (sulfide) groups is 1. The average molecular weight is 1650 g/mol. The smallest absolute Gasteiger partial charge is 0.433 e. The van der Waals surface area contributed by atoms with Gasteiger partial charge in [-0.3, -0.25) is 29.4 Å². The predicted molar refractivity (Wildman–Crippen MR) is 422 cm³/mol. The van der Waals surface area contributed by atoms with Crippen LogP contribution in [0.4, 0.5) is 48.3 Å². The normalized spacial score (nSPS) is 17.3. The van der Waals surface area contributed by atoms with Gasteiger partial charge in [0, 0.05) is 94.7 Å². The molecule has 4 fully saturated rings. The van der Waals surface area contributed by atoms with Crippen LogP contribution in [0.15, 0.2) is 206 Å². The molecule has 114 heavy (non-hydrogen) atoms. The predicted octanol–water partition coefficient (Wildman–Crippen LogP) is 22.2. The number of ketones is 1. The highest BCUT2D eigenvalue weighted by Crippen LogP contribution is 2.47. The number of nitrogens with zero attached hydrogens (tertiary/aromatic N) is 6. The molecule has 27 heteroatoms. The molecule has 6 aromatic carbocycles. The summed E-state index contributed by atoms with van der Waals surface area (Å²) in [5.41, 5.74) is 6.03. The van der Waals surface area contributed by atoms with Gasteiger partial charge in [0.15, 0.2) is 20.7 Å². The zero-order valence-corrected chi connectivity index (χ0v) is 65.9. The molecule has 9 heterocycles. The topological polar surface area (TPSA) is 154 Å². The quantitative estimate of drug-likeness (QED) is 0.0429. The van der Waals surface area contributed by atoms with Gasteiger partial charge in [0.1, 0.15) is 17.1 Å². The van der Waals surface area contributed by atoms with Gasteiger partial charge in [-0.05, 0) is 189 Å². The van der Waals surface area contributed by atoms with E-state index in [0.29, 0.717) is 111 Å². The highest BCUT2D eigenvalue weighted by molar-refractivity contribution is 8.15. The summed E-state index contributed by atoms with van der Waals surface area (Å²) in [5, 5.41) is 1.39. The molecule has 0 aliphatic carbocycles. The van der Waals surface area contributed by atoms with Crippen molar-refractivity contribution in [2.24, 2.45) is 11.8 Å². The molecule has 11 aromatic rings. The Morgan fingerprint density at radius 2 is 1.34 bits per heavy atom. The molecule has 0 spiro atoms. The van der Waals surface area contributed by atoms with Crippen molar-refractivity contribution in [3.63, 3.8) is 0 Å². The molecule has 4 aliphatic rings. The molecule has 4 aliphatic heterocycles. The van der Waals surface area contributed by atoms with Crippen LogP contribution in [0.25, 0.3) is 44.2 Å². The number of Topliss-reactive ketones (excluding diaryl/α,β-unsaturated/α-hetero) is 1. The maximum absolute atomic E-state index is 13.8. The third-order valence-corrected chi connectivity index (χ3v) is 22.6. The van der Waals surface area contributed by atoms with Gasteiger partial charge >= 0.3 is 18.5 Å².